The number of Topliss-reactive ketones (excluding diaryl/α,β-unsaturated/α-hetero) is 1. The molecule has 2 saturated heterocycles. The van der Waals surface area contributed by atoms with Gasteiger partial charge >= 0.3 is 0 Å². The number of ketones is 1. The van der Waals surface area contributed by atoms with E-state index < -0.39 is 34.4 Å². The maximum absolute atomic E-state index is 13.9. The van der Waals surface area contributed by atoms with Crippen molar-refractivity contribution < 1.29 is 19.3 Å². The second-order valence-corrected chi connectivity index (χ2v) is 10.1. The van der Waals surface area contributed by atoms with Crippen molar-refractivity contribution in [2.75, 3.05) is 4.90 Å². The van der Waals surface area contributed by atoms with Crippen LogP contribution in [-0.4, -0.2) is 45.0 Å². The van der Waals surface area contributed by atoms with Crippen LogP contribution in [0.5, 0.6) is 0 Å². The summed E-state index contributed by atoms with van der Waals surface area (Å²) in [4.78, 5) is 55.0. The van der Waals surface area contributed by atoms with E-state index in [1.165, 1.54) is 29.2 Å². The summed E-state index contributed by atoms with van der Waals surface area (Å²) in [7, 11) is 0. The first kappa shape index (κ1) is 22.0. The van der Waals surface area contributed by atoms with Crippen molar-refractivity contribution in [3.63, 3.8) is 0 Å². The lowest BCUT2D eigenvalue weighted by atomic mass is 9.85. The lowest BCUT2D eigenvalue weighted by Gasteiger charge is -2.39. The maximum Gasteiger partial charge on any atom is 0.269 e. The van der Waals surface area contributed by atoms with E-state index in [0.717, 1.165) is 16.8 Å². The molecule has 8 nitrogen and oxygen atoms in total. The number of likely N-dealkylation sites (tertiary alicyclic amines) is 1. The van der Waals surface area contributed by atoms with Gasteiger partial charge in [0.2, 0.25) is 11.8 Å². The van der Waals surface area contributed by atoms with E-state index in [0.29, 0.717) is 0 Å². The third kappa shape index (κ3) is 3.01. The van der Waals surface area contributed by atoms with E-state index in [1.807, 2.05) is 62.9 Å². The molecule has 0 saturated carbocycles. The molecule has 2 amide bonds. The van der Waals surface area contributed by atoms with Gasteiger partial charge in [0.1, 0.15) is 6.04 Å². The highest BCUT2D eigenvalue weighted by molar-refractivity contribution is 6.14. The number of nitro groups is 1. The fraction of sp³-hybridized carbons (Fsp3) is 0.346. The van der Waals surface area contributed by atoms with Crippen LogP contribution in [0.1, 0.15) is 43.6 Å². The number of hydrogen-bond acceptors (Lipinski definition) is 6. The summed E-state index contributed by atoms with van der Waals surface area (Å²) in [6.07, 6.45) is 1.99. The second kappa shape index (κ2) is 7.35. The molecule has 0 unspecified atom stereocenters. The zero-order valence-electron chi connectivity index (χ0n) is 19.4. The van der Waals surface area contributed by atoms with Crippen LogP contribution in [0.15, 0.2) is 54.6 Å². The lowest BCUT2D eigenvalue weighted by molar-refractivity contribution is -0.384. The first-order valence-corrected chi connectivity index (χ1v) is 11.2. The summed E-state index contributed by atoms with van der Waals surface area (Å²) >= 11 is 0. The summed E-state index contributed by atoms with van der Waals surface area (Å²) in [5.74, 6) is -2.45. The van der Waals surface area contributed by atoms with Crippen LogP contribution < -0.4 is 4.90 Å². The van der Waals surface area contributed by atoms with Gasteiger partial charge in [-0.2, -0.15) is 0 Å². The number of imide groups is 1. The number of para-hydroxylation sites is 1. The molecule has 8 heteroatoms. The number of allylic oxidation sites excluding steroid dienone is 1. The molecular formula is C26H25N3O5. The van der Waals surface area contributed by atoms with Crippen LogP contribution in [0.25, 0.3) is 5.57 Å². The summed E-state index contributed by atoms with van der Waals surface area (Å²) in [6.45, 7) is 7.41. The topological polar surface area (TPSA) is 101 Å². The predicted molar refractivity (Wildman–Crippen MR) is 126 cm³/mol. The summed E-state index contributed by atoms with van der Waals surface area (Å²) in [5, 5.41) is 11.1. The molecule has 3 aliphatic rings. The summed E-state index contributed by atoms with van der Waals surface area (Å²) in [5.41, 5.74) is 2.20. The third-order valence-electron chi connectivity index (χ3n) is 7.06. The smallest absolute Gasteiger partial charge is 0.269 e. The van der Waals surface area contributed by atoms with E-state index in [1.54, 1.807) is 0 Å². The Hall–Kier alpha value is -3.81. The normalized spacial score (nSPS) is 25.6. The molecule has 2 aromatic carbocycles. The van der Waals surface area contributed by atoms with Gasteiger partial charge in [0.05, 0.1) is 22.8 Å². The molecule has 5 rings (SSSR count). The van der Waals surface area contributed by atoms with E-state index in [4.69, 9.17) is 0 Å². The highest BCUT2D eigenvalue weighted by Gasteiger charge is 2.65. The van der Waals surface area contributed by atoms with E-state index in [2.05, 4.69) is 0 Å². The molecular weight excluding hydrogens is 434 g/mol. The SMILES string of the molecule is CC1=C[C@@H]2[C@@H]3C(=O)N(C(C)(C)C)C(=O)[C@@H]3[C@@H](C(=O)c3ccc([N+](=O)[O-])cc3)N2c2ccccc21. The van der Waals surface area contributed by atoms with Gasteiger partial charge in [0.15, 0.2) is 5.78 Å². The number of amides is 2. The van der Waals surface area contributed by atoms with Gasteiger partial charge < -0.3 is 4.90 Å². The van der Waals surface area contributed by atoms with Gasteiger partial charge in [-0.05, 0) is 51.5 Å². The van der Waals surface area contributed by atoms with Crippen molar-refractivity contribution >= 4 is 34.5 Å². The molecule has 2 aromatic rings. The Labute approximate surface area is 197 Å². The molecule has 0 radical (unpaired) electrons. The molecule has 34 heavy (non-hydrogen) atoms. The van der Waals surface area contributed by atoms with Crippen molar-refractivity contribution in [3.05, 3.63) is 75.8 Å². The molecule has 0 aliphatic carbocycles. The molecule has 2 fully saturated rings. The molecule has 3 heterocycles. The van der Waals surface area contributed by atoms with Gasteiger partial charge in [-0.3, -0.25) is 29.4 Å². The number of non-ortho nitro benzene ring substituents is 1. The minimum Gasteiger partial charge on any atom is -0.352 e. The van der Waals surface area contributed by atoms with Crippen molar-refractivity contribution in [1.29, 1.82) is 0 Å². The van der Waals surface area contributed by atoms with Crippen LogP contribution in [0.4, 0.5) is 11.4 Å². The van der Waals surface area contributed by atoms with Gasteiger partial charge in [0.25, 0.3) is 5.69 Å². The molecule has 0 aromatic heterocycles. The van der Waals surface area contributed by atoms with Gasteiger partial charge in [-0.15, -0.1) is 0 Å². The maximum atomic E-state index is 13.9. The van der Waals surface area contributed by atoms with Crippen LogP contribution in [-0.2, 0) is 9.59 Å². The first-order valence-electron chi connectivity index (χ1n) is 11.2. The number of rotatable bonds is 3. The lowest BCUT2D eigenvalue weighted by Crippen LogP contribution is -2.52. The number of hydrogen-bond donors (Lipinski definition) is 0. The monoisotopic (exact) mass is 459 g/mol. The van der Waals surface area contributed by atoms with Crippen LogP contribution in [0, 0.1) is 22.0 Å². The third-order valence-corrected chi connectivity index (χ3v) is 7.06. The molecule has 174 valence electrons. The number of carbonyl (C=O) groups excluding carboxylic acids is 3. The Kier molecular flexibility index (Phi) is 4.76. The molecule has 4 atom stereocenters. The Balaban J connectivity index is 1.67. The van der Waals surface area contributed by atoms with Gasteiger partial charge in [-0.1, -0.05) is 24.3 Å². The highest BCUT2D eigenvalue weighted by atomic mass is 16.6. The van der Waals surface area contributed by atoms with Crippen molar-refractivity contribution in [2.24, 2.45) is 11.8 Å². The highest BCUT2D eigenvalue weighted by Crippen LogP contribution is 2.51. The van der Waals surface area contributed by atoms with E-state index >= 15 is 0 Å². The Morgan fingerprint density at radius 2 is 1.59 bits per heavy atom. The zero-order chi connectivity index (χ0) is 24.5. The number of nitro benzene ring substituents is 1. The first-order chi connectivity index (χ1) is 16.0. The van der Waals surface area contributed by atoms with Crippen LogP contribution >= 0.6 is 0 Å². The summed E-state index contributed by atoms with van der Waals surface area (Å²) < 4.78 is 0. The fourth-order valence-electron chi connectivity index (χ4n) is 5.68. The molecule has 3 aliphatic heterocycles. The standard InChI is InChI=1S/C26H25N3O5/c1-14-13-19-20-21(25(32)28(24(20)31)26(2,3)4)22(27(19)18-8-6-5-7-17(14)18)23(30)15-9-11-16(12-10-15)29(33)34/h5-13,19-22H,1-4H3/t19-,20+,21+,22+/m1/s1. The number of benzene rings is 2. The van der Waals surface area contributed by atoms with Crippen molar-refractivity contribution in [1.82, 2.24) is 4.90 Å². The number of nitrogens with zero attached hydrogens (tertiary/aromatic N) is 3. The average molecular weight is 460 g/mol. The van der Waals surface area contributed by atoms with Crippen molar-refractivity contribution in [2.45, 2.75) is 45.3 Å². The van der Waals surface area contributed by atoms with Crippen LogP contribution in [0.2, 0.25) is 0 Å². The van der Waals surface area contributed by atoms with E-state index in [-0.39, 0.29) is 28.8 Å². The minimum absolute atomic E-state index is 0.119. The molecule has 0 spiro atoms. The number of fused-ring (bicyclic) bond motifs is 5. The quantitative estimate of drug-likeness (QED) is 0.299. The Bertz CT molecular complexity index is 1270. The minimum atomic E-state index is -0.897. The second-order valence-electron chi connectivity index (χ2n) is 10.1. The Morgan fingerprint density at radius 3 is 2.21 bits per heavy atom. The van der Waals surface area contributed by atoms with Gasteiger partial charge in [-0.25, -0.2) is 0 Å². The molecule has 0 N–H and O–H groups in total. The predicted octanol–water partition coefficient (Wildman–Crippen LogP) is 3.85. The van der Waals surface area contributed by atoms with Crippen molar-refractivity contribution in [3.8, 4) is 0 Å². The van der Waals surface area contributed by atoms with Crippen LogP contribution in [0.3, 0.4) is 0 Å². The largest absolute Gasteiger partial charge is 0.352 e. The number of anilines is 1. The zero-order valence-corrected chi connectivity index (χ0v) is 19.4. The summed E-state index contributed by atoms with van der Waals surface area (Å²) in [6, 6.07) is 11.7. The fourth-order valence-corrected chi connectivity index (χ4v) is 5.68. The average Bonchev–Trinajstić information content (AvgIpc) is 3.26. The Morgan fingerprint density at radius 1 is 0.971 bits per heavy atom. The number of carbonyl (C=O) groups is 3. The molecule has 0 bridgehead atoms. The van der Waals surface area contributed by atoms with E-state index in [9.17, 15) is 24.5 Å². The van der Waals surface area contributed by atoms with Gasteiger partial charge in [0, 0.05) is 34.5 Å².